The molecule has 1 aromatic rings. The Morgan fingerprint density at radius 1 is 1.44 bits per heavy atom. The third-order valence-corrected chi connectivity index (χ3v) is 2.52. The van der Waals surface area contributed by atoms with Gasteiger partial charge in [-0.2, -0.15) is 5.26 Å². The zero-order valence-corrected chi connectivity index (χ0v) is 9.74. The standard InChI is InChI=1S/C12H19N3O/c1-15-10-11(7-12(15)8-13)9-14-5-3-2-4-6-16/h7,10,14,16H,2-6,9H2,1H3. The molecule has 0 saturated carbocycles. The van der Waals surface area contributed by atoms with Gasteiger partial charge in [-0.05, 0) is 37.4 Å². The average molecular weight is 221 g/mol. The Hall–Kier alpha value is -1.31. The zero-order valence-electron chi connectivity index (χ0n) is 9.74. The Morgan fingerprint density at radius 2 is 2.25 bits per heavy atom. The molecule has 4 nitrogen and oxygen atoms in total. The van der Waals surface area contributed by atoms with Crippen LogP contribution in [0.25, 0.3) is 0 Å². The number of nitrogens with one attached hydrogen (secondary N) is 1. The number of aliphatic hydroxyl groups excluding tert-OH is 1. The van der Waals surface area contributed by atoms with Crippen molar-refractivity contribution in [1.29, 1.82) is 5.26 Å². The van der Waals surface area contributed by atoms with Crippen molar-refractivity contribution in [3.63, 3.8) is 0 Å². The molecule has 0 saturated heterocycles. The second-order valence-corrected chi connectivity index (χ2v) is 3.92. The van der Waals surface area contributed by atoms with Gasteiger partial charge in [0.2, 0.25) is 0 Å². The summed E-state index contributed by atoms with van der Waals surface area (Å²) in [7, 11) is 1.88. The number of nitriles is 1. The van der Waals surface area contributed by atoms with Crippen molar-refractivity contribution < 1.29 is 5.11 Å². The van der Waals surface area contributed by atoms with E-state index in [0.29, 0.717) is 5.69 Å². The van der Waals surface area contributed by atoms with E-state index in [-0.39, 0.29) is 6.61 Å². The van der Waals surface area contributed by atoms with Crippen LogP contribution in [-0.4, -0.2) is 22.8 Å². The van der Waals surface area contributed by atoms with Gasteiger partial charge in [0, 0.05) is 26.4 Å². The maximum absolute atomic E-state index is 8.79. The number of nitrogens with zero attached hydrogens (tertiary/aromatic N) is 2. The third-order valence-electron chi connectivity index (χ3n) is 2.52. The summed E-state index contributed by atoms with van der Waals surface area (Å²) >= 11 is 0. The van der Waals surface area contributed by atoms with Crippen LogP contribution in [0.2, 0.25) is 0 Å². The Morgan fingerprint density at radius 3 is 2.88 bits per heavy atom. The lowest BCUT2D eigenvalue weighted by atomic mass is 10.2. The molecule has 0 aliphatic carbocycles. The Labute approximate surface area is 96.5 Å². The highest BCUT2D eigenvalue weighted by atomic mass is 16.2. The van der Waals surface area contributed by atoms with Crippen molar-refractivity contribution in [1.82, 2.24) is 9.88 Å². The molecule has 88 valence electrons. The highest BCUT2D eigenvalue weighted by Crippen LogP contribution is 2.05. The van der Waals surface area contributed by atoms with Gasteiger partial charge in [-0.1, -0.05) is 0 Å². The minimum absolute atomic E-state index is 0.282. The maximum atomic E-state index is 8.79. The highest BCUT2D eigenvalue weighted by Gasteiger charge is 2.01. The first-order chi connectivity index (χ1) is 7.77. The predicted molar refractivity (Wildman–Crippen MR) is 62.8 cm³/mol. The monoisotopic (exact) mass is 221 g/mol. The smallest absolute Gasteiger partial charge is 0.120 e. The van der Waals surface area contributed by atoms with Gasteiger partial charge in [-0.15, -0.1) is 0 Å². The molecule has 16 heavy (non-hydrogen) atoms. The van der Waals surface area contributed by atoms with Gasteiger partial charge in [-0.25, -0.2) is 0 Å². The molecule has 4 heteroatoms. The number of rotatable bonds is 7. The Balaban J connectivity index is 2.20. The number of hydrogen-bond acceptors (Lipinski definition) is 3. The van der Waals surface area contributed by atoms with Gasteiger partial charge >= 0.3 is 0 Å². The molecule has 0 radical (unpaired) electrons. The van der Waals surface area contributed by atoms with Crippen LogP contribution < -0.4 is 5.32 Å². The molecule has 0 spiro atoms. The Kier molecular flexibility index (Phi) is 5.62. The SMILES string of the molecule is Cn1cc(CNCCCCCO)cc1C#N. The molecule has 0 bridgehead atoms. The summed E-state index contributed by atoms with van der Waals surface area (Å²) in [6.07, 6.45) is 4.99. The molecule has 0 aliphatic heterocycles. The van der Waals surface area contributed by atoms with E-state index in [4.69, 9.17) is 10.4 Å². The molecule has 0 atom stereocenters. The molecule has 0 unspecified atom stereocenters. The molecular weight excluding hydrogens is 202 g/mol. The van der Waals surface area contributed by atoms with E-state index in [1.165, 1.54) is 0 Å². The highest BCUT2D eigenvalue weighted by molar-refractivity contribution is 5.28. The van der Waals surface area contributed by atoms with E-state index >= 15 is 0 Å². The van der Waals surface area contributed by atoms with E-state index < -0.39 is 0 Å². The first-order valence-electron chi connectivity index (χ1n) is 5.65. The normalized spacial score (nSPS) is 10.3. The molecule has 1 heterocycles. The fourth-order valence-electron chi connectivity index (χ4n) is 1.61. The fourth-order valence-corrected chi connectivity index (χ4v) is 1.61. The molecular formula is C12H19N3O. The molecule has 0 amide bonds. The summed E-state index contributed by atoms with van der Waals surface area (Å²) in [5.41, 5.74) is 1.83. The zero-order chi connectivity index (χ0) is 11.8. The van der Waals surface area contributed by atoms with E-state index in [1.807, 2.05) is 23.9 Å². The van der Waals surface area contributed by atoms with Gasteiger partial charge in [0.05, 0.1) is 0 Å². The van der Waals surface area contributed by atoms with Crippen LogP contribution in [0.4, 0.5) is 0 Å². The van der Waals surface area contributed by atoms with Crippen molar-refractivity contribution in [2.24, 2.45) is 7.05 Å². The van der Waals surface area contributed by atoms with Crippen LogP contribution in [0, 0.1) is 11.3 Å². The fraction of sp³-hybridized carbons (Fsp3) is 0.583. The summed E-state index contributed by atoms with van der Waals surface area (Å²) in [6, 6.07) is 4.04. The number of hydrogen-bond donors (Lipinski definition) is 2. The largest absolute Gasteiger partial charge is 0.396 e. The minimum Gasteiger partial charge on any atom is -0.396 e. The molecule has 0 aliphatic rings. The summed E-state index contributed by atoms with van der Waals surface area (Å²) < 4.78 is 1.84. The van der Waals surface area contributed by atoms with Crippen LogP contribution in [-0.2, 0) is 13.6 Å². The number of aromatic nitrogens is 1. The lowest BCUT2D eigenvalue weighted by Gasteiger charge is -2.02. The van der Waals surface area contributed by atoms with E-state index in [2.05, 4.69) is 11.4 Å². The van der Waals surface area contributed by atoms with Crippen LogP contribution in [0.15, 0.2) is 12.3 Å². The van der Waals surface area contributed by atoms with Gasteiger partial charge < -0.3 is 15.0 Å². The second kappa shape index (κ2) is 7.04. The molecule has 2 N–H and O–H groups in total. The molecule has 0 fully saturated rings. The van der Waals surface area contributed by atoms with Crippen LogP contribution in [0.5, 0.6) is 0 Å². The summed E-state index contributed by atoms with van der Waals surface area (Å²) in [4.78, 5) is 0. The lowest BCUT2D eigenvalue weighted by Crippen LogP contribution is -2.14. The Bertz CT molecular complexity index is 352. The van der Waals surface area contributed by atoms with Gasteiger partial charge in [0.25, 0.3) is 0 Å². The van der Waals surface area contributed by atoms with Crippen molar-refractivity contribution in [3.8, 4) is 6.07 Å². The van der Waals surface area contributed by atoms with Gasteiger partial charge in [0.1, 0.15) is 11.8 Å². The topological polar surface area (TPSA) is 61.0 Å². The van der Waals surface area contributed by atoms with E-state index in [9.17, 15) is 0 Å². The number of unbranched alkanes of at least 4 members (excludes halogenated alkanes) is 2. The first kappa shape index (κ1) is 12.8. The van der Waals surface area contributed by atoms with Crippen molar-refractivity contribution >= 4 is 0 Å². The van der Waals surface area contributed by atoms with Crippen molar-refractivity contribution in [2.45, 2.75) is 25.8 Å². The van der Waals surface area contributed by atoms with Crippen LogP contribution in [0.3, 0.4) is 0 Å². The predicted octanol–water partition coefficient (Wildman–Crippen LogP) is 1.15. The average Bonchev–Trinajstić information content (AvgIpc) is 2.64. The summed E-state index contributed by atoms with van der Waals surface area (Å²) in [5.74, 6) is 0. The van der Waals surface area contributed by atoms with Crippen molar-refractivity contribution in [2.75, 3.05) is 13.2 Å². The minimum atomic E-state index is 0.282. The summed E-state index contributed by atoms with van der Waals surface area (Å²) in [6.45, 7) is 2.04. The van der Waals surface area contributed by atoms with Gasteiger partial charge in [0.15, 0.2) is 0 Å². The third kappa shape index (κ3) is 4.05. The first-order valence-corrected chi connectivity index (χ1v) is 5.65. The quantitative estimate of drug-likeness (QED) is 0.679. The second-order valence-electron chi connectivity index (χ2n) is 3.92. The lowest BCUT2D eigenvalue weighted by molar-refractivity contribution is 0.283. The van der Waals surface area contributed by atoms with Crippen LogP contribution in [0.1, 0.15) is 30.5 Å². The van der Waals surface area contributed by atoms with Crippen molar-refractivity contribution in [3.05, 3.63) is 23.5 Å². The number of aliphatic hydroxyl groups is 1. The molecule has 0 aromatic carbocycles. The van der Waals surface area contributed by atoms with E-state index in [0.717, 1.165) is 37.9 Å². The maximum Gasteiger partial charge on any atom is 0.120 e. The number of aryl methyl sites for hydroxylation is 1. The van der Waals surface area contributed by atoms with E-state index in [1.54, 1.807) is 0 Å². The van der Waals surface area contributed by atoms with Gasteiger partial charge in [-0.3, -0.25) is 0 Å². The summed E-state index contributed by atoms with van der Waals surface area (Å²) in [5, 5.41) is 20.7. The molecule has 1 aromatic heterocycles. The van der Waals surface area contributed by atoms with Crippen LogP contribution >= 0.6 is 0 Å². The molecule has 1 rings (SSSR count).